The highest BCUT2D eigenvalue weighted by atomic mass is 16.5. The molecule has 0 radical (unpaired) electrons. The first kappa shape index (κ1) is 11.2. The fourth-order valence-corrected chi connectivity index (χ4v) is 0.698. The second kappa shape index (κ2) is 6.89. The lowest BCUT2D eigenvalue weighted by Gasteiger charge is -2.00. The van der Waals surface area contributed by atoms with Crippen LogP contribution in [0, 0.1) is 0 Å². The summed E-state index contributed by atoms with van der Waals surface area (Å²) in [6.45, 7) is 6.51. The summed E-state index contributed by atoms with van der Waals surface area (Å²) in [6, 6.07) is 0. The van der Waals surface area contributed by atoms with Crippen molar-refractivity contribution in [2.75, 3.05) is 6.61 Å². The van der Waals surface area contributed by atoms with E-state index in [1.807, 2.05) is 19.9 Å². The van der Waals surface area contributed by atoms with E-state index in [1.54, 1.807) is 0 Å². The molecule has 70 valence electrons. The van der Waals surface area contributed by atoms with Crippen LogP contribution in [0.4, 0.5) is 0 Å². The second-order valence-electron chi connectivity index (χ2n) is 2.84. The van der Waals surface area contributed by atoms with Crippen molar-refractivity contribution in [3.63, 3.8) is 0 Å². The third-order valence-electron chi connectivity index (χ3n) is 1.69. The van der Waals surface area contributed by atoms with Gasteiger partial charge in [-0.25, -0.2) is 0 Å². The van der Waals surface area contributed by atoms with Crippen LogP contribution in [0.5, 0.6) is 0 Å². The summed E-state index contributed by atoms with van der Waals surface area (Å²) < 4.78 is 4.94. The Morgan fingerprint density at radius 3 is 2.58 bits per heavy atom. The van der Waals surface area contributed by atoms with Gasteiger partial charge in [0.15, 0.2) is 0 Å². The summed E-state index contributed by atoms with van der Waals surface area (Å²) in [4.78, 5) is 10.9. The van der Waals surface area contributed by atoms with E-state index in [0.29, 0.717) is 13.0 Å². The standard InChI is InChI=1S/C10H18O2/c1-4-6-10(11)12-8-7-9(3)5-2/h7H,4-6,8H2,1-3H3. The lowest BCUT2D eigenvalue weighted by molar-refractivity contribution is -0.142. The van der Waals surface area contributed by atoms with Crippen molar-refractivity contribution < 1.29 is 9.53 Å². The van der Waals surface area contributed by atoms with Crippen molar-refractivity contribution in [2.45, 2.75) is 40.0 Å². The van der Waals surface area contributed by atoms with Crippen LogP contribution in [0.1, 0.15) is 40.0 Å². The summed E-state index contributed by atoms with van der Waals surface area (Å²) >= 11 is 0. The number of esters is 1. The van der Waals surface area contributed by atoms with Gasteiger partial charge in [-0.3, -0.25) is 4.79 Å². The van der Waals surface area contributed by atoms with Crippen molar-refractivity contribution in [2.24, 2.45) is 0 Å². The summed E-state index contributed by atoms with van der Waals surface area (Å²) in [7, 11) is 0. The second-order valence-corrected chi connectivity index (χ2v) is 2.84. The van der Waals surface area contributed by atoms with Gasteiger partial charge in [-0.15, -0.1) is 0 Å². The first-order valence-electron chi connectivity index (χ1n) is 4.52. The zero-order valence-electron chi connectivity index (χ0n) is 8.22. The molecule has 0 bridgehead atoms. The van der Waals surface area contributed by atoms with Gasteiger partial charge in [-0.1, -0.05) is 19.4 Å². The van der Waals surface area contributed by atoms with Crippen LogP contribution in [0.15, 0.2) is 11.6 Å². The van der Waals surface area contributed by atoms with Gasteiger partial charge in [0, 0.05) is 6.42 Å². The van der Waals surface area contributed by atoms with E-state index in [4.69, 9.17) is 4.74 Å². The number of hydrogen-bond donors (Lipinski definition) is 0. The molecule has 0 aromatic heterocycles. The number of rotatable bonds is 5. The molecular formula is C10H18O2. The quantitative estimate of drug-likeness (QED) is 0.468. The van der Waals surface area contributed by atoms with Gasteiger partial charge in [0.1, 0.15) is 6.61 Å². The average Bonchev–Trinajstić information content (AvgIpc) is 2.04. The smallest absolute Gasteiger partial charge is 0.306 e. The Morgan fingerprint density at radius 1 is 1.42 bits per heavy atom. The van der Waals surface area contributed by atoms with E-state index in [2.05, 4.69) is 6.92 Å². The number of hydrogen-bond acceptors (Lipinski definition) is 2. The first-order valence-corrected chi connectivity index (χ1v) is 4.52. The van der Waals surface area contributed by atoms with Gasteiger partial charge < -0.3 is 4.74 Å². The van der Waals surface area contributed by atoms with Crippen molar-refractivity contribution in [1.82, 2.24) is 0 Å². The molecule has 0 spiro atoms. The summed E-state index contributed by atoms with van der Waals surface area (Å²) in [5, 5.41) is 0. The highest BCUT2D eigenvalue weighted by molar-refractivity contribution is 5.69. The van der Waals surface area contributed by atoms with E-state index in [9.17, 15) is 4.79 Å². The Hall–Kier alpha value is -0.790. The fraction of sp³-hybridized carbons (Fsp3) is 0.700. The van der Waals surface area contributed by atoms with Crippen LogP contribution >= 0.6 is 0 Å². The number of carbonyl (C=O) groups is 1. The fourth-order valence-electron chi connectivity index (χ4n) is 0.698. The highest BCUT2D eigenvalue weighted by Gasteiger charge is 1.97. The average molecular weight is 170 g/mol. The molecule has 0 amide bonds. The van der Waals surface area contributed by atoms with Gasteiger partial charge in [-0.05, 0) is 25.8 Å². The molecule has 0 aromatic rings. The van der Waals surface area contributed by atoms with E-state index >= 15 is 0 Å². The molecule has 12 heavy (non-hydrogen) atoms. The molecule has 0 fully saturated rings. The minimum Gasteiger partial charge on any atom is -0.461 e. The third kappa shape index (κ3) is 5.96. The Morgan fingerprint density at radius 2 is 2.08 bits per heavy atom. The molecule has 0 aromatic carbocycles. The van der Waals surface area contributed by atoms with Gasteiger partial charge in [0.25, 0.3) is 0 Å². The minimum atomic E-state index is -0.0994. The van der Waals surface area contributed by atoms with E-state index in [1.165, 1.54) is 5.57 Å². The van der Waals surface area contributed by atoms with Crippen LogP contribution in [-0.2, 0) is 9.53 Å². The largest absolute Gasteiger partial charge is 0.461 e. The molecular weight excluding hydrogens is 152 g/mol. The molecule has 0 aliphatic heterocycles. The van der Waals surface area contributed by atoms with Crippen molar-refractivity contribution >= 4 is 5.97 Å². The maximum Gasteiger partial charge on any atom is 0.306 e. The Kier molecular flexibility index (Phi) is 6.44. The van der Waals surface area contributed by atoms with Crippen LogP contribution in [0.2, 0.25) is 0 Å². The van der Waals surface area contributed by atoms with E-state index in [-0.39, 0.29) is 5.97 Å². The van der Waals surface area contributed by atoms with Crippen molar-refractivity contribution in [3.8, 4) is 0 Å². The normalized spacial score (nSPS) is 11.4. The van der Waals surface area contributed by atoms with Crippen LogP contribution in [0.25, 0.3) is 0 Å². The summed E-state index contributed by atoms with van der Waals surface area (Å²) in [5.74, 6) is -0.0994. The molecule has 0 atom stereocenters. The predicted molar refractivity (Wildman–Crippen MR) is 49.9 cm³/mol. The topological polar surface area (TPSA) is 26.3 Å². The van der Waals surface area contributed by atoms with E-state index in [0.717, 1.165) is 12.8 Å². The zero-order valence-corrected chi connectivity index (χ0v) is 8.22. The Bertz CT molecular complexity index is 159. The monoisotopic (exact) mass is 170 g/mol. The molecule has 0 heterocycles. The first-order chi connectivity index (χ1) is 5.70. The van der Waals surface area contributed by atoms with Gasteiger partial charge >= 0.3 is 5.97 Å². The number of ether oxygens (including phenoxy) is 1. The summed E-state index contributed by atoms with van der Waals surface area (Å²) in [6.07, 6.45) is 4.35. The Balaban J connectivity index is 3.48. The van der Waals surface area contributed by atoms with Gasteiger partial charge in [0.05, 0.1) is 0 Å². The maximum atomic E-state index is 10.9. The Labute approximate surface area is 74.6 Å². The predicted octanol–water partition coefficient (Wildman–Crippen LogP) is 2.69. The molecule has 2 heteroatoms. The summed E-state index contributed by atoms with van der Waals surface area (Å²) in [5.41, 5.74) is 1.26. The highest BCUT2D eigenvalue weighted by Crippen LogP contribution is 1.98. The van der Waals surface area contributed by atoms with Gasteiger partial charge in [-0.2, -0.15) is 0 Å². The molecule has 0 rings (SSSR count). The third-order valence-corrected chi connectivity index (χ3v) is 1.69. The van der Waals surface area contributed by atoms with E-state index < -0.39 is 0 Å². The van der Waals surface area contributed by atoms with Crippen LogP contribution < -0.4 is 0 Å². The molecule has 0 aliphatic carbocycles. The van der Waals surface area contributed by atoms with Gasteiger partial charge in [0.2, 0.25) is 0 Å². The lowest BCUT2D eigenvalue weighted by atomic mass is 10.2. The minimum absolute atomic E-state index is 0.0994. The lowest BCUT2D eigenvalue weighted by Crippen LogP contribution is -2.03. The van der Waals surface area contributed by atoms with Crippen LogP contribution in [0.3, 0.4) is 0 Å². The molecule has 0 saturated carbocycles. The molecule has 0 saturated heterocycles. The van der Waals surface area contributed by atoms with Crippen molar-refractivity contribution in [1.29, 1.82) is 0 Å². The molecule has 2 nitrogen and oxygen atoms in total. The maximum absolute atomic E-state index is 10.9. The molecule has 0 N–H and O–H groups in total. The van der Waals surface area contributed by atoms with Crippen LogP contribution in [-0.4, -0.2) is 12.6 Å². The zero-order chi connectivity index (χ0) is 9.40. The molecule has 0 unspecified atom stereocenters. The van der Waals surface area contributed by atoms with Crippen molar-refractivity contribution in [3.05, 3.63) is 11.6 Å². The SMILES string of the molecule is CCCC(=O)OCC=C(C)CC. The molecule has 0 aliphatic rings. The number of allylic oxidation sites excluding steroid dienone is 1. The number of carbonyl (C=O) groups excluding carboxylic acids is 1.